The summed E-state index contributed by atoms with van der Waals surface area (Å²) in [5.41, 5.74) is 4.39. The van der Waals surface area contributed by atoms with Gasteiger partial charge in [-0.25, -0.2) is 4.98 Å². The number of aliphatic imine (C=N–C) groups is 1. The molecule has 168 valence electrons. The van der Waals surface area contributed by atoms with Crippen LogP contribution in [0.2, 0.25) is 0 Å². The summed E-state index contributed by atoms with van der Waals surface area (Å²) in [5.74, 6) is 1.36. The third-order valence-corrected chi connectivity index (χ3v) is 5.72. The normalized spacial score (nSPS) is 15.6. The van der Waals surface area contributed by atoms with Crippen LogP contribution in [-0.2, 0) is 19.6 Å². The minimum atomic E-state index is 0.542. The maximum atomic E-state index is 5.60. The van der Waals surface area contributed by atoms with Gasteiger partial charge in [-0.05, 0) is 30.3 Å². The molecule has 32 heavy (non-hydrogen) atoms. The number of hydrogen-bond donors (Lipinski definition) is 2. The molecular weight excluding hydrogens is 400 g/mol. The second kappa shape index (κ2) is 10.9. The smallest absolute Gasteiger partial charge is 0.226 e. The molecule has 7 heteroatoms. The predicted octanol–water partition coefficient (Wildman–Crippen LogP) is 2.95. The Balaban J connectivity index is 1.23. The largest absolute Gasteiger partial charge is 0.444 e. The van der Waals surface area contributed by atoms with Gasteiger partial charge >= 0.3 is 0 Å². The van der Waals surface area contributed by atoms with Crippen molar-refractivity contribution < 1.29 is 4.42 Å². The highest BCUT2D eigenvalue weighted by atomic mass is 16.3. The van der Waals surface area contributed by atoms with E-state index < -0.39 is 0 Å². The van der Waals surface area contributed by atoms with Gasteiger partial charge in [0.2, 0.25) is 5.89 Å². The van der Waals surface area contributed by atoms with Gasteiger partial charge in [0.1, 0.15) is 6.26 Å². The van der Waals surface area contributed by atoms with Crippen molar-refractivity contribution >= 4 is 5.96 Å². The second-order valence-corrected chi connectivity index (χ2v) is 8.19. The molecule has 0 aliphatic carbocycles. The molecule has 2 N–H and O–H groups in total. The number of aromatic nitrogens is 1. The van der Waals surface area contributed by atoms with E-state index in [1.165, 1.54) is 11.1 Å². The maximum Gasteiger partial charge on any atom is 0.226 e. The Labute approximate surface area is 190 Å². The van der Waals surface area contributed by atoms with E-state index in [2.05, 4.69) is 61.7 Å². The molecule has 1 fully saturated rings. The first kappa shape index (κ1) is 22.0. The lowest BCUT2D eigenvalue weighted by molar-refractivity contribution is 0.148. The molecule has 0 spiro atoms. The Morgan fingerprint density at radius 3 is 2.34 bits per heavy atom. The average molecular weight is 433 g/mol. The van der Waals surface area contributed by atoms with E-state index >= 15 is 0 Å². The summed E-state index contributed by atoms with van der Waals surface area (Å²) in [7, 11) is 3.96. The van der Waals surface area contributed by atoms with Crippen LogP contribution in [0.25, 0.3) is 11.5 Å². The third kappa shape index (κ3) is 6.18. The molecule has 7 nitrogen and oxygen atoms in total. The Morgan fingerprint density at radius 1 is 0.938 bits per heavy atom. The molecule has 1 saturated heterocycles. The molecule has 1 aliphatic heterocycles. The molecule has 2 aromatic carbocycles. The van der Waals surface area contributed by atoms with Crippen LogP contribution in [0, 0.1) is 0 Å². The lowest BCUT2D eigenvalue weighted by Crippen LogP contribution is -2.43. The summed E-state index contributed by atoms with van der Waals surface area (Å²) < 4.78 is 5.60. The van der Waals surface area contributed by atoms with Crippen LogP contribution in [0.15, 0.2) is 70.3 Å². The fourth-order valence-corrected chi connectivity index (χ4v) is 3.71. The van der Waals surface area contributed by atoms with Gasteiger partial charge in [0.15, 0.2) is 5.96 Å². The minimum Gasteiger partial charge on any atom is -0.444 e. The number of benzene rings is 2. The van der Waals surface area contributed by atoms with Crippen molar-refractivity contribution in [3.63, 3.8) is 0 Å². The molecule has 0 radical (unpaired) electrons. The fraction of sp³-hybridized carbons (Fsp3) is 0.360. The third-order valence-electron chi connectivity index (χ3n) is 5.72. The maximum absolute atomic E-state index is 5.60. The second-order valence-electron chi connectivity index (χ2n) is 8.19. The van der Waals surface area contributed by atoms with Crippen LogP contribution in [0.3, 0.4) is 0 Å². The zero-order chi connectivity index (χ0) is 22.2. The number of piperazine rings is 1. The number of nitrogens with zero attached hydrogens (tertiary/aromatic N) is 4. The number of rotatable bonds is 7. The zero-order valence-corrected chi connectivity index (χ0v) is 18.9. The number of hydrogen-bond acceptors (Lipinski definition) is 5. The molecule has 0 atom stereocenters. The van der Waals surface area contributed by atoms with Gasteiger partial charge in [-0.3, -0.25) is 9.89 Å². The summed E-state index contributed by atoms with van der Waals surface area (Å²) >= 11 is 0. The summed E-state index contributed by atoms with van der Waals surface area (Å²) in [6.07, 6.45) is 1.68. The number of guanidine groups is 1. The topological polar surface area (TPSA) is 68.9 Å². The molecule has 3 aromatic rings. The van der Waals surface area contributed by atoms with Crippen LogP contribution < -0.4 is 10.6 Å². The highest BCUT2D eigenvalue weighted by Gasteiger charge is 2.13. The molecule has 0 saturated carbocycles. The summed E-state index contributed by atoms with van der Waals surface area (Å²) in [6.45, 7) is 6.85. The minimum absolute atomic E-state index is 0.542. The van der Waals surface area contributed by atoms with Crippen LogP contribution in [0.4, 0.5) is 0 Å². The van der Waals surface area contributed by atoms with Crippen molar-refractivity contribution in [2.24, 2.45) is 4.99 Å². The quantitative estimate of drug-likeness (QED) is 0.442. The summed E-state index contributed by atoms with van der Waals surface area (Å²) in [6, 6.07) is 18.7. The number of nitrogens with one attached hydrogen (secondary N) is 2. The summed E-state index contributed by atoms with van der Waals surface area (Å²) in [4.78, 5) is 13.8. The molecule has 1 aromatic heterocycles. The molecule has 0 amide bonds. The SMILES string of the molecule is CN=C(NCc1ccc(CN2CCN(C)CC2)cc1)NCc1coc(-c2ccccc2)n1. The molecule has 2 heterocycles. The van der Waals surface area contributed by atoms with Crippen molar-refractivity contribution in [3.05, 3.63) is 77.7 Å². The van der Waals surface area contributed by atoms with Crippen LogP contribution in [0.5, 0.6) is 0 Å². The van der Waals surface area contributed by atoms with Crippen molar-refractivity contribution in [1.82, 2.24) is 25.4 Å². The predicted molar refractivity (Wildman–Crippen MR) is 128 cm³/mol. The van der Waals surface area contributed by atoms with Gasteiger partial charge in [-0.1, -0.05) is 42.5 Å². The van der Waals surface area contributed by atoms with E-state index in [-0.39, 0.29) is 0 Å². The number of oxazole rings is 1. The van der Waals surface area contributed by atoms with E-state index in [0.29, 0.717) is 19.0 Å². The zero-order valence-electron chi connectivity index (χ0n) is 18.9. The van der Waals surface area contributed by atoms with Gasteiger partial charge in [-0.15, -0.1) is 0 Å². The first-order valence-electron chi connectivity index (χ1n) is 11.1. The van der Waals surface area contributed by atoms with Gasteiger partial charge in [0, 0.05) is 51.9 Å². The Morgan fingerprint density at radius 2 is 1.62 bits per heavy atom. The Hall–Kier alpha value is -3.16. The Kier molecular flexibility index (Phi) is 7.53. The van der Waals surface area contributed by atoms with Crippen molar-refractivity contribution in [2.45, 2.75) is 19.6 Å². The fourth-order valence-electron chi connectivity index (χ4n) is 3.71. The van der Waals surface area contributed by atoms with Gasteiger partial charge in [0.25, 0.3) is 0 Å². The van der Waals surface area contributed by atoms with Gasteiger partial charge in [-0.2, -0.15) is 0 Å². The van der Waals surface area contributed by atoms with Crippen molar-refractivity contribution in [1.29, 1.82) is 0 Å². The van der Waals surface area contributed by atoms with Crippen molar-refractivity contribution in [2.75, 3.05) is 40.3 Å². The highest BCUT2D eigenvalue weighted by Crippen LogP contribution is 2.17. The van der Waals surface area contributed by atoms with Crippen LogP contribution in [-0.4, -0.2) is 61.0 Å². The van der Waals surface area contributed by atoms with E-state index in [4.69, 9.17) is 4.42 Å². The van der Waals surface area contributed by atoms with Gasteiger partial charge < -0.3 is 20.0 Å². The lowest BCUT2D eigenvalue weighted by Gasteiger charge is -2.32. The van der Waals surface area contributed by atoms with E-state index in [9.17, 15) is 0 Å². The standard InChI is InChI=1S/C25H32N6O/c1-26-25(28-17-23-19-32-24(29-23)22-6-4-3-5-7-22)27-16-20-8-10-21(11-9-20)18-31-14-12-30(2)13-15-31/h3-11,19H,12-18H2,1-2H3,(H2,26,27,28). The first-order chi connectivity index (χ1) is 15.7. The molecule has 1 aliphatic rings. The highest BCUT2D eigenvalue weighted by molar-refractivity contribution is 5.79. The van der Waals surface area contributed by atoms with E-state index in [0.717, 1.165) is 49.9 Å². The first-order valence-corrected chi connectivity index (χ1v) is 11.1. The molecule has 4 rings (SSSR count). The van der Waals surface area contributed by atoms with Gasteiger partial charge in [0.05, 0.1) is 12.2 Å². The summed E-state index contributed by atoms with van der Waals surface area (Å²) in [5, 5.41) is 6.66. The molecule has 0 unspecified atom stereocenters. The van der Waals surface area contributed by atoms with E-state index in [1.807, 2.05) is 30.3 Å². The molecule has 0 bridgehead atoms. The van der Waals surface area contributed by atoms with Crippen LogP contribution in [0.1, 0.15) is 16.8 Å². The molecular formula is C25H32N6O. The monoisotopic (exact) mass is 432 g/mol. The number of likely N-dealkylation sites (N-methyl/N-ethyl adjacent to an activating group) is 1. The van der Waals surface area contributed by atoms with E-state index in [1.54, 1.807) is 13.3 Å². The Bertz CT molecular complexity index is 991. The van der Waals surface area contributed by atoms with Crippen LogP contribution >= 0.6 is 0 Å². The van der Waals surface area contributed by atoms with Crippen molar-refractivity contribution in [3.8, 4) is 11.5 Å². The average Bonchev–Trinajstić information content (AvgIpc) is 3.31. The lowest BCUT2D eigenvalue weighted by atomic mass is 10.1.